The van der Waals surface area contributed by atoms with Crippen molar-refractivity contribution in [1.82, 2.24) is 21.1 Å². The molecule has 3 rings (SSSR count). The Hall–Kier alpha value is -2.81. The number of rotatable bonds is 8. The quantitative estimate of drug-likeness (QED) is 0.230. The summed E-state index contributed by atoms with van der Waals surface area (Å²) in [5, 5.41) is 20.2. The Bertz CT molecular complexity index is 933. The number of aliphatic imine (C=N–C) groups is 1. The average molecular weight is 404 g/mol. The molecule has 0 aliphatic carbocycles. The maximum atomic E-state index is 13.3. The van der Waals surface area contributed by atoms with E-state index in [0.717, 1.165) is 19.4 Å². The van der Waals surface area contributed by atoms with Crippen LogP contribution in [0.3, 0.4) is 0 Å². The monoisotopic (exact) mass is 403 g/mol. The molecule has 3 aromatic rings. The van der Waals surface area contributed by atoms with Gasteiger partial charge in [-0.3, -0.25) is 10.7 Å². The van der Waals surface area contributed by atoms with Gasteiger partial charge in [-0.05, 0) is 48.3 Å². The van der Waals surface area contributed by atoms with E-state index in [2.05, 4.69) is 32.8 Å². The van der Waals surface area contributed by atoms with Gasteiger partial charge in [0.15, 0.2) is 11.5 Å². The predicted molar refractivity (Wildman–Crippen MR) is 103 cm³/mol. The molecule has 0 atom stereocenters. The fourth-order valence-corrected chi connectivity index (χ4v) is 2.76. The Kier molecular flexibility index (Phi) is 7.07. The number of aryl methyl sites for hydroxylation is 1. The normalized spacial score (nSPS) is 11.6. The van der Waals surface area contributed by atoms with Crippen LogP contribution in [-0.2, 0) is 13.0 Å². The number of nitrogens with zero attached hydrogens (tertiary/aromatic N) is 3. The van der Waals surface area contributed by atoms with Crippen LogP contribution in [0.5, 0.6) is 0 Å². The molecule has 0 fully saturated rings. The van der Waals surface area contributed by atoms with Gasteiger partial charge in [0.25, 0.3) is 0 Å². The van der Waals surface area contributed by atoms with Crippen molar-refractivity contribution >= 4 is 23.1 Å². The van der Waals surface area contributed by atoms with Crippen LogP contribution in [0.2, 0.25) is 5.02 Å². The molecule has 0 saturated heterocycles. The highest BCUT2D eigenvalue weighted by Gasteiger charge is 2.16. The van der Waals surface area contributed by atoms with Crippen LogP contribution in [0.25, 0.3) is 0 Å². The minimum absolute atomic E-state index is 0.0185. The van der Waals surface area contributed by atoms with E-state index in [-0.39, 0.29) is 16.6 Å². The summed E-state index contributed by atoms with van der Waals surface area (Å²) >= 11 is 5.76. The Balaban J connectivity index is 1.59. The summed E-state index contributed by atoms with van der Waals surface area (Å²) in [6.07, 6.45) is 1.92. The summed E-state index contributed by atoms with van der Waals surface area (Å²) in [4.78, 5) is 4.18. The molecular formula is C19H19ClFN5O2. The van der Waals surface area contributed by atoms with Gasteiger partial charge in [0.05, 0.1) is 10.7 Å². The first kappa shape index (κ1) is 19.9. The molecule has 28 heavy (non-hydrogen) atoms. The van der Waals surface area contributed by atoms with E-state index in [4.69, 9.17) is 16.2 Å². The van der Waals surface area contributed by atoms with Crippen LogP contribution < -0.4 is 10.8 Å². The number of hydrogen-bond acceptors (Lipinski definition) is 6. The van der Waals surface area contributed by atoms with E-state index in [1.165, 1.54) is 23.8 Å². The van der Waals surface area contributed by atoms with Crippen molar-refractivity contribution in [1.29, 1.82) is 0 Å². The van der Waals surface area contributed by atoms with Crippen molar-refractivity contribution in [2.75, 3.05) is 6.54 Å². The number of halogens is 2. The van der Waals surface area contributed by atoms with Crippen molar-refractivity contribution in [3.63, 3.8) is 0 Å². The first-order valence-electron chi connectivity index (χ1n) is 8.67. The van der Waals surface area contributed by atoms with Crippen molar-refractivity contribution in [2.24, 2.45) is 4.99 Å². The average Bonchev–Trinajstić information content (AvgIpc) is 3.17. The van der Waals surface area contributed by atoms with Gasteiger partial charge in [-0.25, -0.2) is 14.0 Å². The van der Waals surface area contributed by atoms with E-state index < -0.39 is 5.82 Å². The van der Waals surface area contributed by atoms with Gasteiger partial charge >= 0.3 is 0 Å². The molecule has 1 heterocycles. The summed E-state index contributed by atoms with van der Waals surface area (Å²) in [5.41, 5.74) is 4.32. The maximum Gasteiger partial charge on any atom is 0.182 e. The third-order valence-electron chi connectivity index (χ3n) is 3.99. The molecule has 0 saturated carbocycles. The van der Waals surface area contributed by atoms with E-state index in [9.17, 15) is 9.60 Å². The van der Waals surface area contributed by atoms with Crippen molar-refractivity contribution in [3.05, 3.63) is 76.3 Å². The van der Waals surface area contributed by atoms with Crippen molar-refractivity contribution in [2.45, 2.75) is 19.4 Å². The smallest absolute Gasteiger partial charge is 0.182 e. The van der Waals surface area contributed by atoms with E-state index in [1.807, 2.05) is 23.7 Å². The zero-order valence-corrected chi connectivity index (χ0v) is 15.7. The van der Waals surface area contributed by atoms with Gasteiger partial charge in [0.2, 0.25) is 0 Å². The topological polar surface area (TPSA) is 95.6 Å². The van der Waals surface area contributed by atoms with E-state index >= 15 is 0 Å². The molecule has 1 aromatic heterocycles. The van der Waals surface area contributed by atoms with Crippen molar-refractivity contribution in [3.8, 4) is 0 Å². The molecule has 0 unspecified atom stereocenters. The molecule has 0 aliphatic rings. The first-order chi connectivity index (χ1) is 13.7. The lowest BCUT2D eigenvalue weighted by atomic mass is 10.1. The van der Waals surface area contributed by atoms with Crippen LogP contribution in [0.4, 0.5) is 10.1 Å². The fourth-order valence-electron chi connectivity index (χ4n) is 2.59. The molecule has 146 valence electrons. The van der Waals surface area contributed by atoms with Crippen LogP contribution in [0.1, 0.15) is 23.4 Å². The lowest BCUT2D eigenvalue weighted by Crippen LogP contribution is -2.24. The molecule has 3 N–H and O–H groups in total. The van der Waals surface area contributed by atoms with Gasteiger partial charge in [0.1, 0.15) is 11.5 Å². The number of hydroxylamine groups is 1. The van der Waals surface area contributed by atoms with Crippen LogP contribution in [0, 0.1) is 5.82 Å². The van der Waals surface area contributed by atoms with Gasteiger partial charge in [-0.1, -0.05) is 47.1 Å². The largest absolute Gasteiger partial charge is 0.311 e. The van der Waals surface area contributed by atoms with Crippen molar-refractivity contribution < 1.29 is 14.2 Å². The SMILES string of the molecule is ONC(=Nc1ccc(F)c(Cl)c1)c1nonc1CNCCCc1ccccc1. The summed E-state index contributed by atoms with van der Waals surface area (Å²) in [5.74, 6) is -0.535. The van der Waals surface area contributed by atoms with Gasteiger partial charge in [-0.15, -0.1) is 0 Å². The number of amidine groups is 1. The van der Waals surface area contributed by atoms with Crippen LogP contribution in [0.15, 0.2) is 58.2 Å². The second-order valence-electron chi connectivity index (χ2n) is 6.00. The minimum atomic E-state index is -0.553. The summed E-state index contributed by atoms with van der Waals surface area (Å²) in [6, 6.07) is 14.2. The number of hydrogen-bond donors (Lipinski definition) is 3. The number of aromatic nitrogens is 2. The standard InChI is InChI=1S/C19H19ClFN5O2/c20-15-11-14(8-9-16(15)21)23-19(24-27)18-17(25-28-26-18)12-22-10-4-7-13-5-2-1-3-6-13/h1-3,5-6,8-9,11,22,27H,4,7,10,12H2,(H,23,24). The Labute approximate surface area is 166 Å². The van der Waals surface area contributed by atoms with E-state index in [1.54, 1.807) is 0 Å². The third-order valence-corrected chi connectivity index (χ3v) is 4.27. The first-order valence-corrected chi connectivity index (χ1v) is 9.05. The van der Waals surface area contributed by atoms with Gasteiger partial charge in [-0.2, -0.15) is 0 Å². The fraction of sp³-hybridized carbons (Fsp3) is 0.211. The molecule has 0 aliphatic heterocycles. The number of nitrogens with one attached hydrogen (secondary N) is 2. The summed E-state index contributed by atoms with van der Waals surface area (Å²) in [7, 11) is 0. The Morgan fingerprint density at radius 2 is 2.00 bits per heavy atom. The predicted octanol–water partition coefficient (Wildman–Crippen LogP) is 3.64. The van der Waals surface area contributed by atoms with Gasteiger partial charge < -0.3 is 5.32 Å². The molecular weight excluding hydrogens is 385 g/mol. The molecule has 0 bridgehead atoms. The van der Waals surface area contributed by atoms with Gasteiger partial charge in [0, 0.05) is 6.54 Å². The molecule has 9 heteroatoms. The second-order valence-corrected chi connectivity index (χ2v) is 6.40. The lowest BCUT2D eigenvalue weighted by molar-refractivity contribution is 0.234. The summed E-state index contributed by atoms with van der Waals surface area (Å²) < 4.78 is 18.1. The lowest BCUT2D eigenvalue weighted by Gasteiger charge is -2.06. The highest BCUT2D eigenvalue weighted by atomic mass is 35.5. The molecule has 2 aromatic carbocycles. The molecule has 0 spiro atoms. The maximum absolute atomic E-state index is 13.3. The van der Waals surface area contributed by atoms with Crippen LogP contribution >= 0.6 is 11.6 Å². The molecule has 7 nitrogen and oxygen atoms in total. The minimum Gasteiger partial charge on any atom is -0.311 e. The zero-order chi connectivity index (χ0) is 19.8. The molecule has 0 amide bonds. The van der Waals surface area contributed by atoms with E-state index in [0.29, 0.717) is 17.9 Å². The second kappa shape index (κ2) is 9.93. The Morgan fingerprint density at radius 3 is 2.75 bits per heavy atom. The highest BCUT2D eigenvalue weighted by molar-refractivity contribution is 6.31. The summed E-state index contributed by atoms with van der Waals surface area (Å²) in [6.45, 7) is 1.16. The third kappa shape index (κ3) is 5.35. The zero-order valence-electron chi connectivity index (χ0n) is 14.9. The highest BCUT2D eigenvalue weighted by Crippen LogP contribution is 2.22. The number of benzene rings is 2. The van der Waals surface area contributed by atoms with Crippen LogP contribution in [-0.4, -0.2) is 27.9 Å². The Morgan fingerprint density at radius 1 is 1.18 bits per heavy atom. The molecule has 0 radical (unpaired) electrons.